The Balaban J connectivity index is 2.36. The van der Waals surface area contributed by atoms with Crippen molar-refractivity contribution in [3.8, 4) is 0 Å². The molecule has 0 spiro atoms. The van der Waals surface area contributed by atoms with Crippen molar-refractivity contribution < 1.29 is 19.8 Å². The first-order valence-corrected chi connectivity index (χ1v) is 6.78. The Bertz CT molecular complexity index is 461. The Kier molecular flexibility index (Phi) is 5.65. The number of carbonyl (C=O) groups is 2. The van der Waals surface area contributed by atoms with Gasteiger partial charge >= 0.3 is 5.97 Å². The summed E-state index contributed by atoms with van der Waals surface area (Å²) in [5.74, 6) is -1.59. The van der Waals surface area contributed by atoms with Crippen LogP contribution in [0, 0.1) is 0 Å². The third-order valence-electron chi connectivity index (χ3n) is 2.27. The second kappa shape index (κ2) is 6.79. The first-order valence-electron chi connectivity index (χ1n) is 5.42. The maximum atomic E-state index is 11.5. The van der Waals surface area contributed by atoms with E-state index in [1.165, 1.54) is 11.8 Å². The van der Waals surface area contributed by atoms with Gasteiger partial charge in [0.2, 0.25) is 5.91 Å². The molecule has 0 bridgehead atoms. The number of halogens is 1. The molecule has 0 aromatic heterocycles. The van der Waals surface area contributed by atoms with Crippen LogP contribution in [0.4, 0.5) is 0 Å². The van der Waals surface area contributed by atoms with E-state index in [4.69, 9.17) is 16.7 Å². The molecule has 0 aliphatic heterocycles. The van der Waals surface area contributed by atoms with E-state index in [1.54, 1.807) is 24.3 Å². The van der Waals surface area contributed by atoms with Crippen LogP contribution in [-0.2, 0) is 9.59 Å². The highest BCUT2D eigenvalue weighted by atomic mass is 35.5. The van der Waals surface area contributed by atoms with Crippen molar-refractivity contribution in [2.75, 3.05) is 12.3 Å². The fourth-order valence-corrected chi connectivity index (χ4v) is 1.93. The lowest BCUT2D eigenvalue weighted by atomic mass is 10.1. The molecule has 0 fully saturated rings. The summed E-state index contributed by atoms with van der Waals surface area (Å²) < 4.78 is 0. The van der Waals surface area contributed by atoms with Gasteiger partial charge in [0.15, 0.2) is 5.60 Å². The van der Waals surface area contributed by atoms with Gasteiger partial charge in [-0.25, -0.2) is 4.79 Å². The SMILES string of the molecule is CC(O)(CNC(=O)CSc1ccc(Cl)cc1)C(=O)O. The summed E-state index contributed by atoms with van der Waals surface area (Å²) in [6.45, 7) is 0.796. The molecule has 1 aromatic carbocycles. The Morgan fingerprint density at radius 2 is 1.95 bits per heavy atom. The molecule has 1 rings (SSSR count). The molecule has 3 N–H and O–H groups in total. The molecular formula is C12H14ClNO4S. The van der Waals surface area contributed by atoms with Gasteiger partial charge in [0.05, 0.1) is 12.3 Å². The highest BCUT2D eigenvalue weighted by Crippen LogP contribution is 2.19. The molecule has 7 heteroatoms. The average Bonchev–Trinajstić information content (AvgIpc) is 2.35. The van der Waals surface area contributed by atoms with Crippen molar-refractivity contribution in [2.45, 2.75) is 17.4 Å². The van der Waals surface area contributed by atoms with E-state index >= 15 is 0 Å². The van der Waals surface area contributed by atoms with E-state index < -0.39 is 11.6 Å². The van der Waals surface area contributed by atoms with E-state index in [2.05, 4.69) is 5.32 Å². The number of thioether (sulfide) groups is 1. The largest absolute Gasteiger partial charge is 0.479 e. The number of benzene rings is 1. The molecule has 0 heterocycles. The van der Waals surface area contributed by atoms with Crippen LogP contribution in [0.25, 0.3) is 0 Å². The zero-order valence-electron chi connectivity index (χ0n) is 10.2. The lowest BCUT2D eigenvalue weighted by Crippen LogP contribution is -2.46. The molecule has 1 amide bonds. The van der Waals surface area contributed by atoms with Crippen LogP contribution in [0.3, 0.4) is 0 Å². The van der Waals surface area contributed by atoms with E-state index in [1.807, 2.05) is 0 Å². The normalized spacial score (nSPS) is 13.6. The molecular weight excluding hydrogens is 290 g/mol. The third kappa shape index (κ3) is 5.50. The Labute approximate surface area is 120 Å². The number of carboxylic acids is 1. The van der Waals surface area contributed by atoms with Gasteiger partial charge in [-0.05, 0) is 31.2 Å². The molecule has 0 saturated heterocycles. The van der Waals surface area contributed by atoms with Gasteiger partial charge in [-0.3, -0.25) is 4.79 Å². The molecule has 104 valence electrons. The lowest BCUT2D eigenvalue weighted by Gasteiger charge is -2.18. The molecule has 0 aliphatic rings. The molecule has 0 aliphatic carbocycles. The number of nitrogens with one attached hydrogen (secondary N) is 1. The Morgan fingerprint density at radius 3 is 2.47 bits per heavy atom. The van der Waals surface area contributed by atoms with Gasteiger partial charge in [-0.15, -0.1) is 11.8 Å². The number of hydrogen-bond acceptors (Lipinski definition) is 4. The molecule has 19 heavy (non-hydrogen) atoms. The van der Waals surface area contributed by atoms with Crippen LogP contribution in [0.15, 0.2) is 29.2 Å². The highest BCUT2D eigenvalue weighted by Gasteiger charge is 2.30. The van der Waals surface area contributed by atoms with Crippen LogP contribution in [0.1, 0.15) is 6.92 Å². The van der Waals surface area contributed by atoms with Crippen LogP contribution in [0.5, 0.6) is 0 Å². The summed E-state index contributed by atoms with van der Waals surface area (Å²) in [6.07, 6.45) is 0. The number of carboxylic acid groups (broad SMARTS) is 1. The van der Waals surface area contributed by atoms with Crippen molar-refractivity contribution in [1.82, 2.24) is 5.32 Å². The average molecular weight is 304 g/mol. The highest BCUT2D eigenvalue weighted by molar-refractivity contribution is 8.00. The van der Waals surface area contributed by atoms with Crippen molar-refractivity contribution >= 4 is 35.2 Å². The van der Waals surface area contributed by atoms with E-state index in [9.17, 15) is 14.7 Å². The number of amides is 1. The minimum absolute atomic E-state index is 0.136. The van der Waals surface area contributed by atoms with E-state index in [0.29, 0.717) is 5.02 Å². The summed E-state index contributed by atoms with van der Waals surface area (Å²) in [4.78, 5) is 23.0. The molecule has 1 aromatic rings. The van der Waals surface area contributed by atoms with E-state index in [0.717, 1.165) is 11.8 Å². The minimum Gasteiger partial charge on any atom is -0.479 e. The number of rotatable bonds is 6. The summed E-state index contributed by atoms with van der Waals surface area (Å²) in [7, 11) is 0. The fraction of sp³-hybridized carbons (Fsp3) is 0.333. The first-order chi connectivity index (χ1) is 8.81. The predicted octanol–water partition coefficient (Wildman–Crippen LogP) is 1.38. The smallest absolute Gasteiger partial charge is 0.337 e. The maximum absolute atomic E-state index is 11.5. The third-order valence-corrected chi connectivity index (χ3v) is 3.54. The monoisotopic (exact) mass is 303 g/mol. The topological polar surface area (TPSA) is 86.6 Å². The van der Waals surface area contributed by atoms with Gasteiger partial charge in [0.25, 0.3) is 0 Å². The van der Waals surface area contributed by atoms with Gasteiger partial charge < -0.3 is 15.5 Å². The van der Waals surface area contributed by atoms with Gasteiger partial charge in [-0.2, -0.15) is 0 Å². The second-order valence-corrected chi connectivity index (χ2v) is 5.58. The number of carbonyl (C=O) groups excluding carboxylic acids is 1. The molecule has 0 saturated carbocycles. The minimum atomic E-state index is -1.96. The number of aliphatic hydroxyl groups is 1. The van der Waals surface area contributed by atoms with Crippen molar-refractivity contribution in [1.29, 1.82) is 0 Å². The molecule has 0 radical (unpaired) electrons. The van der Waals surface area contributed by atoms with Crippen LogP contribution in [0.2, 0.25) is 5.02 Å². The summed E-state index contributed by atoms with van der Waals surface area (Å²) in [5.41, 5.74) is -1.96. The summed E-state index contributed by atoms with van der Waals surface area (Å²) in [5, 5.41) is 21.1. The first kappa shape index (κ1) is 15.8. The van der Waals surface area contributed by atoms with Crippen LogP contribution >= 0.6 is 23.4 Å². The maximum Gasteiger partial charge on any atom is 0.337 e. The lowest BCUT2D eigenvalue weighted by molar-refractivity contribution is -0.156. The van der Waals surface area contributed by atoms with E-state index in [-0.39, 0.29) is 18.2 Å². The number of hydrogen-bond donors (Lipinski definition) is 3. The van der Waals surface area contributed by atoms with Gasteiger partial charge in [0, 0.05) is 9.92 Å². The van der Waals surface area contributed by atoms with Crippen molar-refractivity contribution in [3.05, 3.63) is 29.3 Å². The van der Waals surface area contributed by atoms with Crippen molar-refractivity contribution in [3.63, 3.8) is 0 Å². The zero-order valence-corrected chi connectivity index (χ0v) is 11.8. The standard InChI is InChI=1S/C12H14ClNO4S/c1-12(18,11(16)17)7-14-10(15)6-19-9-4-2-8(13)3-5-9/h2-5,18H,6-7H2,1H3,(H,14,15)(H,16,17). The zero-order chi connectivity index (χ0) is 14.5. The second-order valence-electron chi connectivity index (χ2n) is 4.10. The van der Waals surface area contributed by atoms with Crippen molar-refractivity contribution in [2.24, 2.45) is 0 Å². The summed E-state index contributed by atoms with van der Waals surface area (Å²) >= 11 is 7.03. The molecule has 5 nitrogen and oxygen atoms in total. The molecule has 1 atom stereocenters. The number of aliphatic carboxylic acids is 1. The summed E-state index contributed by atoms with van der Waals surface area (Å²) in [6, 6.07) is 7.01. The van der Waals surface area contributed by atoms with Crippen LogP contribution < -0.4 is 5.32 Å². The Morgan fingerprint density at radius 1 is 1.37 bits per heavy atom. The fourth-order valence-electron chi connectivity index (χ4n) is 1.08. The molecule has 1 unspecified atom stereocenters. The van der Waals surface area contributed by atoms with Gasteiger partial charge in [-0.1, -0.05) is 11.6 Å². The van der Waals surface area contributed by atoms with Crippen LogP contribution in [-0.4, -0.2) is 40.0 Å². The Hall–Kier alpha value is -1.24. The quantitative estimate of drug-likeness (QED) is 0.691. The predicted molar refractivity (Wildman–Crippen MR) is 73.4 cm³/mol. The van der Waals surface area contributed by atoms with Gasteiger partial charge in [0.1, 0.15) is 0 Å².